The van der Waals surface area contributed by atoms with Crippen LogP contribution >= 0.6 is 23.2 Å². The van der Waals surface area contributed by atoms with E-state index in [9.17, 15) is 14.4 Å². The molecule has 2 saturated carbocycles. The first-order chi connectivity index (χ1) is 16.8. The maximum atomic E-state index is 13.5. The van der Waals surface area contributed by atoms with Gasteiger partial charge >= 0.3 is 0 Å². The van der Waals surface area contributed by atoms with Crippen LogP contribution in [0.2, 0.25) is 10.0 Å². The second-order valence-electron chi connectivity index (χ2n) is 9.73. The fourth-order valence-corrected chi connectivity index (χ4v) is 5.51. The number of nitrogens with zero attached hydrogens (tertiary/aromatic N) is 1. The summed E-state index contributed by atoms with van der Waals surface area (Å²) in [4.78, 5) is 41.1. The van der Waals surface area contributed by atoms with Crippen molar-refractivity contribution in [2.45, 2.75) is 63.1 Å². The third-order valence-corrected chi connectivity index (χ3v) is 7.64. The highest BCUT2D eigenvalue weighted by atomic mass is 35.5. The van der Waals surface area contributed by atoms with Crippen molar-refractivity contribution in [2.24, 2.45) is 11.7 Å². The monoisotopic (exact) mass is 514 g/mol. The van der Waals surface area contributed by atoms with Crippen LogP contribution in [0.3, 0.4) is 0 Å². The standard InChI is InChI=1S/C26H28Cl2N4O3/c27-16-4-9-19(20(28)12-16)23-13-24(33)31-21-11-15(25(34)30-18-7-5-17(29)6-8-18)3-10-22(21)32(23)26(35)14-1-2-14/h3-4,9-12,14,17-18,23H,1-2,5-8,13,29H2,(H,30,34)(H,31,33). The molecule has 2 aromatic rings. The molecule has 2 fully saturated rings. The summed E-state index contributed by atoms with van der Waals surface area (Å²) >= 11 is 12.6. The van der Waals surface area contributed by atoms with Crippen LogP contribution in [-0.4, -0.2) is 29.8 Å². The molecule has 0 spiro atoms. The molecule has 2 aliphatic carbocycles. The molecule has 1 heterocycles. The number of benzene rings is 2. The van der Waals surface area contributed by atoms with Gasteiger partial charge in [0.25, 0.3) is 5.91 Å². The van der Waals surface area contributed by atoms with Crippen LogP contribution in [0.5, 0.6) is 0 Å². The van der Waals surface area contributed by atoms with Crippen LogP contribution in [0.1, 0.15) is 66.9 Å². The number of anilines is 2. The zero-order valence-corrected chi connectivity index (χ0v) is 20.7. The van der Waals surface area contributed by atoms with Crippen molar-refractivity contribution in [1.82, 2.24) is 5.32 Å². The summed E-state index contributed by atoms with van der Waals surface area (Å²) < 4.78 is 0. The van der Waals surface area contributed by atoms with Crippen molar-refractivity contribution in [3.05, 3.63) is 57.6 Å². The SMILES string of the molecule is NC1CCC(NC(=O)c2ccc3c(c2)NC(=O)CC(c2ccc(Cl)cc2Cl)N3C(=O)C2CC2)CC1. The maximum Gasteiger partial charge on any atom is 0.251 e. The van der Waals surface area contributed by atoms with Crippen molar-refractivity contribution in [3.8, 4) is 0 Å². The van der Waals surface area contributed by atoms with Gasteiger partial charge in [0, 0.05) is 33.6 Å². The molecule has 0 saturated heterocycles. The molecule has 35 heavy (non-hydrogen) atoms. The van der Waals surface area contributed by atoms with Gasteiger partial charge in [-0.2, -0.15) is 0 Å². The minimum atomic E-state index is -0.583. The predicted octanol–water partition coefficient (Wildman–Crippen LogP) is 4.82. The van der Waals surface area contributed by atoms with E-state index in [1.807, 2.05) is 0 Å². The van der Waals surface area contributed by atoms with Gasteiger partial charge in [-0.3, -0.25) is 14.4 Å². The van der Waals surface area contributed by atoms with E-state index in [1.165, 1.54) is 0 Å². The summed E-state index contributed by atoms with van der Waals surface area (Å²) in [5.74, 6) is -0.587. The van der Waals surface area contributed by atoms with Crippen molar-refractivity contribution in [1.29, 1.82) is 0 Å². The fourth-order valence-electron chi connectivity index (χ4n) is 4.98. The molecular formula is C26H28Cl2N4O3. The Morgan fingerprint density at radius 3 is 2.43 bits per heavy atom. The summed E-state index contributed by atoms with van der Waals surface area (Å²) in [6, 6.07) is 9.88. The van der Waals surface area contributed by atoms with E-state index in [1.54, 1.807) is 41.3 Å². The van der Waals surface area contributed by atoms with Crippen molar-refractivity contribution in [3.63, 3.8) is 0 Å². The van der Waals surface area contributed by atoms with Crippen LogP contribution < -0.4 is 21.3 Å². The van der Waals surface area contributed by atoms with Crippen LogP contribution in [0.4, 0.5) is 11.4 Å². The van der Waals surface area contributed by atoms with E-state index in [0.29, 0.717) is 32.5 Å². The van der Waals surface area contributed by atoms with Crippen LogP contribution in [-0.2, 0) is 9.59 Å². The summed E-state index contributed by atoms with van der Waals surface area (Å²) in [7, 11) is 0. The topological polar surface area (TPSA) is 105 Å². The summed E-state index contributed by atoms with van der Waals surface area (Å²) in [5, 5.41) is 6.86. The van der Waals surface area contributed by atoms with Gasteiger partial charge in [-0.25, -0.2) is 0 Å². The minimum Gasteiger partial charge on any atom is -0.349 e. The van der Waals surface area contributed by atoms with Crippen molar-refractivity contribution < 1.29 is 14.4 Å². The number of halogens is 2. The molecule has 2 aromatic carbocycles. The number of carbonyl (C=O) groups excluding carboxylic acids is 3. The number of rotatable bonds is 4. The lowest BCUT2D eigenvalue weighted by atomic mass is 9.91. The molecule has 184 valence electrons. The number of hydrogen-bond donors (Lipinski definition) is 3. The maximum absolute atomic E-state index is 13.5. The highest BCUT2D eigenvalue weighted by Gasteiger charge is 2.41. The second kappa shape index (κ2) is 9.80. The fraction of sp³-hybridized carbons (Fsp3) is 0.423. The Kier molecular flexibility index (Phi) is 6.75. The molecule has 3 amide bonds. The van der Waals surface area contributed by atoms with Crippen LogP contribution in [0, 0.1) is 5.92 Å². The Morgan fingerprint density at radius 1 is 1.00 bits per heavy atom. The molecule has 0 aromatic heterocycles. The summed E-state index contributed by atoms with van der Waals surface area (Å²) in [6.45, 7) is 0. The predicted molar refractivity (Wildman–Crippen MR) is 137 cm³/mol. The first kappa shape index (κ1) is 24.1. The van der Waals surface area contributed by atoms with E-state index >= 15 is 0 Å². The third-order valence-electron chi connectivity index (χ3n) is 7.08. The minimum absolute atomic E-state index is 0.0400. The van der Waals surface area contributed by atoms with Gasteiger partial charge in [-0.15, -0.1) is 0 Å². The van der Waals surface area contributed by atoms with Gasteiger partial charge in [0.1, 0.15) is 0 Å². The molecule has 3 aliphatic rings. The average Bonchev–Trinajstić information content (AvgIpc) is 3.67. The zero-order chi connectivity index (χ0) is 24.7. The summed E-state index contributed by atoms with van der Waals surface area (Å²) in [6.07, 6.45) is 5.15. The lowest BCUT2D eigenvalue weighted by Gasteiger charge is -2.31. The Labute approximate surface area is 214 Å². The van der Waals surface area contributed by atoms with E-state index in [-0.39, 0.29) is 42.1 Å². The quantitative estimate of drug-likeness (QED) is 0.543. The molecule has 0 bridgehead atoms. The van der Waals surface area contributed by atoms with Gasteiger partial charge in [0.05, 0.1) is 23.8 Å². The molecule has 7 nitrogen and oxygen atoms in total. The smallest absolute Gasteiger partial charge is 0.251 e. The van der Waals surface area contributed by atoms with E-state index < -0.39 is 6.04 Å². The van der Waals surface area contributed by atoms with Gasteiger partial charge in [-0.05, 0) is 74.4 Å². The van der Waals surface area contributed by atoms with E-state index in [0.717, 1.165) is 38.5 Å². The van der Waals surface area contributed by atoms with E-state index in [2.05, 4.69) is 10.6 Å². The molecule has 1 unspecified atom stereocenters. The number of hydrogen-bond acceptors (Lipinski definition) is 4. The molecule has 0 radical (unpaired) electrons. The highest BCUT2D eigenvalue weighted by molar-refractivity contribution is 6.35. The lowest BCUT2D eigenvalue weighted by molar-refractivity contribution is -0.120. The largest absolute Gasteiger partial charge is 0.349 e. The Morgan fingerprint density at radius 2 is 1.74 bits per heavy atom. The third kappa shape index (κ3) is 5.17. The van der Waals surface area contributed by atoms with Crippen molar-refractivity contribution >= 4 is 52.3 Å². The molecular weight excluding hydrogens is 487 g/mol. The first-order valence-electron chi connectivity index (χ1n) is 12.1. The molecule has 1 atom stereocenters. The molecule has 5 rings (SSSR count). The first-order valence-corrected chi connectivity index (χ1v) is 12.8. The van der Waals surface area contributed by atoms with Crippen molar-refractivity contribution in [2.75, 3.05) is 10.2 Å². The molecule has 4 N–H and O–H groups in total. The number of carbonyl (C=O) groups is 3. The number of nitrogens with one attached hydrogen (secondary N) is 2. The molecule has 1 aliphatic heterocycles. The lowest BCUT2D eigenvalue weighted by Crippen LogP contribution is -2.40. The van der Waals surface area contributed by atoms with Gasteiger partial charge in [0.2, 0.25) is 11.8 Å². The Hall–Kier alpha value is -2.61. The van der Waals surface area contributed by atoms with Gasteiger partial charge in [-0.1, -0.05) is 29.3 Å². The van der Waals surface area contributed by atoms with Crippen LogP contribution in [0.25, 0.3) is 0 Å². The number of fused-ring (bicyclic) bond motifs is 1. The second-order valence-corrected chi connectivity index (χ2v) is 10.6. The Balaban J connectivity index is 1.48. The van der Waals surface area contributed by atoms with Gasteiger partial charge in [0.15, 0.2) is 0 Å². The van der Waals surface area contributed by atoms with Gasteiger partial charge < -0.3 is 21.3 Å². The number of nitrogens with two attached hydrogens (primary N) is 1. The summed E-state index contributed by atoms with van der Waals surface area (Å²) in [5.41, 5.74) is 8.06. The van der Waals surface area contributed by atoms with E-state index in [4.69, 9.17) is 28.9 Å². The van der Waals surface area contributed by atoms with Crippen LogP contribution in [0.15, 0.2) is 36.4 Å². The zero-order valence-electron chi connectivity index (χ0n) is 19.2. The average molecular weight is 515 g/mol. The number of amides is 3. The molecule has 9 heteroatoms. The Bertz CT molecular complexity index is 1180. The highest BCUT2D eigenvalue weighted by Crippen LogP contribution is 2.44. The normalized spacial score (nSPS) is 24.3.